The number of aliphatic carboxylic acids is 2. The average molecular weight is 1320 g/mol. The number of aryl methyl sites for hydroxylation is 1. The molecule has 0 spiro atoms. The predicted octanol–water partition coefficient (Wildman–Crippen LogP) is 16.7. The molecule has 2 atom stereocenters. The van der Waals surface area contributed by atoms with Gasteiger partial charge in [-0.15, -0.1) is 0 Å². The molecule has 21 heteroatoms. The fourth-order valence-corrected chi connectivity index (χ4v) is 10.1. The van der Waals surface area contributed by atoms with Gasteiger partial charge in [-0.3, -0.25) is 24.0 Å². The largest absolute Gasteiger partial charge is 0.496 e. The minimum absolute atomic E-state index is 0. The number of ether oxygens (including phenoxy) is 5. The number of benzene rings is 6. The zero-order valence-corrected chi connectivity index (χ0v) is 54.6. The van der Waals surface area contributed by atoms with Crippen LogP contribution in [0.2, 0.25) is 0 Å². The second-order valence-electron chi connectivity index (χ2n) is 22.5. The van der Waals surface area contributed by atoms with Gasteiger partial charge in [0.25, 0.3) is 0 Å². The zero-order valence-electron chi connectivity index (χ0n) is 53.8. The number of para-hydroxylation sites is 2. The Morgan fingerprint density at radius 1 is 0.617 bits per heavy atom. The van der Waals surface area contributed by atoms with Crippen molar-refractivity contribution in [2.24, 2.45) is 17.3 Å². The summed E-state index contributed by atoms with van der Waals surface area (Å²) < 4.78 is 67.7. The molecule has 504 valence electrons. The number of carbonyl (C=O) groups excluding carboxylic acids is 6. The van der Waals surface area contributed by atoms with E-state index in [4.69, 9.17) is 38.3 Å². The Labute approximate surface area is 550 Å². The van der Waals surface area contributed by atoms with Gasteiger partial charge in [0.2, 0.25) is 6.79 Å². The quantitative estimate of drug-likeness (QED) is 0.0277. The van der Waals surface area contributed by atoms with Gasteiger partial charge >= 0.3 is 23.1 Å². The molecule has 0 bridgehead atoms. The summed E-state index contributed by atoms with van der Waals surface area (Å²) in [6.07, 6.45) is 6.14. The molecule has 17 nitrogen and oxygen atoms in total. The van der Waals surface area contributed by atoms with E-state index in [2.05, 4.69) is 0 Å². The third-order valence-corrected chi connectivity index (χ3v) is 15.4. The van der Waals surface area contributed by atoms with Crippen LogP contribution in [0, 0.1) is 17.3 Å². The summed E-state index contributed by atoms with van der Waals surface area (Å²) in [6, 6.07) is 39.7. The molecule has 0 radical (unpaired) electrons. The van der Waals surface area contributed by atoms with Crippen molar-refractivity contribution in [3.63, 3.8) is 0 Å². The van der Waals surface area contributed by atoms with Crippen LogP contribution in [0.25, 0.3) is 22.1 Å². The van der Waals surface area contributed by atoms with Crippen molar-refractivity contribution in [1.82, 2.24) is 0 Å². The summed E-state index contributed by atoms with van der Waals surface area (Å²) in [6.45, 7) is 13.5. The molecule has 1 aromatic heterocycles. The van der Waals surface area contributed by atoms with Crippen molar-refractivity contribution in [2.45, 2.75) is 137 Å². The number of carbonyl (C=O) groups is 8. The molecule has 2 N–H and O–H groups in total. The number of alkyl halides is 3. The molecule has 1 aliphatic carbocycles. The summed E-state index contributed by atoms with van der Waals surface area (Å²) in [5.41, 5.74) is -0.342. The van der Waals surface area contributed by atoms with E-state index in [1.165, 1.54) is 32.9 Å². The molecule has 0 unspecified atom stereocenters. The lowest BCUT2D eigenvalue weighted by molar-refractivity contribution is -0.149. The lowest BCUT2D eigenvalue weighted by Crippen LogP contribution is -2.48. The van der Waals surface area contributed by atoms with Gasteiger partial charge in [0.1, 0.15) is 51.7 Å². The Morgan fingerprint density at radius 2 is 1.19 bits per heavy atom. The van der Waals surface area contributed by atoms with Gasteiger partial charge in [0, 0.05) is 65.6 Å². The van der Waals surface area contributed by atoms with Crippen LogP contribution >= 0.6 is 11.8 Å². The maximum Gasteiger partial charge on any atom is 0.446 e. The molecular formula is C73H83F3O17S. The molecule has 9 rings (SSSR count). The molecule has 1 fully saturated rings. The fourth-order valence-electron chi connectivity index (χ4n) is 9.57. The number of carboxylic acid groups (broad SMARTS) is 2. The van der Waals surface area contributed by atoms with E-state index in [1.54, 1.807) is 138 Å². The van der Waals surface area contributed by atoms with Gasteiger partial charge < -0.3 is 52.7 Å². The Kier molecular flexibility index (Phi) is 32.4. The van der Waals surface area contributed by atoms with Crippen molar-refractivity contribution in [2.75, 3.05) is 21.0 Å². The minimum atomic E-state index is -4.25. The van der Waals surface area contributed by atoms with Crippen LogP contribution in [0.4, 0.5) is 13.2 Å². The Balaban J connectivity index is 0.000000298. The number of Topliss-reactive ketones (excluding diaryl/α,β-unsaturated/α-hetero) is 6. The number of hydrogen-bond acceptors (Lipinski definition) is 16. The lowest BCUT2D eigenvalue weighted by Gasteiger charge is -2.50. The Bertz CT molecular complexity index is 3720. The molecule has 94 heavy (non-hydrogen) atoms. The number of carboxylic acids is 2. The van der Waals surface area contributed by atoms with Crippen LogP contribution in [0.3, 0.4) is 0 Å². The number of hydrogen-bond donors (Lipinski definition) is 2. The van der Waals surface area contributed by atoms with Crippen LogP contribution in [-0.4, -0.2) is 83.4 Å². The maximum absolute atomic E-state index is 12.1. The monoisotopic (exact) mass is 1320 g/mol. The van der Waals surface area contributed by atoms with Crippen LogP contribution in [-0.2, 0) is 41.6 Å². The van der Waals surface area contributed by atoms with Gasteiger partial charge in [-0.05, 0) is 162 Å². The standard InChI is InChI=1S/C17H12O3.C16H16O4.C11H11F3OS.C10H16O3.C9H8O4.C9H16O2.CH4/c1-11(18)12-6-4-7-13(9-12)15-10-14-5-2-3-8-16(14)20-17(15)19;1-11(17)15-6-4-5-7-16(15)20-14-9-12(18-2)8-13(10-14)19-3;1-8(15)2-3-9-4-6-10(7-5-9)16-11(12,13)14;1-6(11)8-4-7(5-9(12)13)10(8,2)3;10-9(11)4-6-1-2-7-8(3-6)13-5-12-7;1-8(10)6-4-3-5-7-9(2)11;/h2-10H,1H3;4-10H,1-3H3;4-7H,2-3H2,1H3;7-8H,4-5H2,1-3H3,(H,12,13);1-3H,4-5H2,(H,10,11);3-7H2,1-2H3;1H4/t;;;7-,8+;;;/m...1.../s1. The van der Waals surface area contributed by atoms with Crippen molar-refractivity contribution < 1.29 is 89.8 Å². The average Bonchev–Trinajstić information content (AvgIpc) is 0.876. The molecule has 0 amide bonds. The first-order chi connectivity index (χ1) is 43.9. The summed E-state index contributed by atoms with van der Waals surface area (Å²) in [5, 5.41) is 18.0. The first-order valence-corrected chi connectivity index (χ1v) is 30.5. The Morgan fingerprint density at radius 3 is 1.73 bits per heavy atom. The van der Waals surface area contributed by atoms with Crippen LogP contribution in [0.5, 0.6) is 34.5 Å². The van der Waals surface area contributed by atoms with E-state index in [-0.39, 0.29) is 95.7 Å². The second kappa shape index (κ2) is 38.6. The van der Waals surface area contributed by atoms with Crippen molar-refractivity contribution in [1.29, 1.82) is 0 Å². The zero-order chi connectivity index (χ0) is 69.0. The number of unbranched alkanes of at least 4 members (excludes halogenated alkanes) is 2. The van der Waals surface area contributed by atoms with Gasteiger partial charge in [0.15, 0.2) is 23.1 Å². The van der Waals surface area contributed by atoms with Gasteiger partial charge in [-0.2, -0.15) is 13.2 Å². The van der Waals surface area contributed by atoms with Crippen molar-refractivity contribution in [3.05, 3.63) is 172 Å². The van der Waals surface area contributed by atoms with Crippen molar-refractivity contribution in [3.8, 4) is 45.6 Å². The highest BCUT2D eigenvalue weighted by atomic mass is 32.2. The highest BCUT2D eigenvalue weighted by Crippen LogP contribution is 2.53. The SMILES string of the molecule is C.CC(=O)CCCCCC(C)=O.CC(=O)CCc1ccc(SC(F)(F)F)cc1.CC(=O)[C@@H]1C[C@H](CC(=O)O)C1(C)C.CC(=O)c1cccc(-c2cc3ccccc3oc2=O)c1.COc1cc(OC)cc(Oc2ccccc2C(C)=O)c1.O=C(O)Cc1ccc2c(c1)OCO2. The van der Waals surface area contributed by atoms with Gasteiger partial charge in [0.05, 0.1) is 31.8 Å². The molecule has 1 saturated carbocycles. The Hall–Kier alpha value is -9.37. The van der Waals surface area contributed by atoms with Crippen LogP contribution in [0.15, 0.2) is 154 Å². The van der Waals surface area contributed by atoms with Crippen LogP contribution < -0.4 is 29.3 Å². The number of thioether (sulfide) groups is 1. The maximum atomic E-state index is 12.1. The van der Waals surface area contributed by atoms with E-state index in [9.17, 15) is 56.3 Å². The van der Waals surface area contributed by atoms with E-state index >= 15 is 0 Å². The van der Waals surface area contributed by atoms with E-state index in [0.29, 0.717) is 88.0 Å². The van der Waals surface area contributed by atoms with Crippen LogP contribution in [0.1, 0.15) is 146 Å². The summed E-state index contributed by atoms with van der Waals surface area (Å²) in [4.78, 5) is 98.9. The number of rotatable bonds is 22. The highest BCUT2D eigenvalue weighted by molar-refractivity contribution is 8.00. The molecule has 1 aliphatic heterocycles. The topological polar surface area (TPSA) is 253 Å². The summed E-state index contributed by atoms with van der Waals surface area (Å²) in [5.74, 6) is 2.90. The third-order valence-electron chi connectivity index (χ3n) is 14.7. The number of halogens is 3. The summed E-state index contributed by atoms with van der Waals surface area (Å²) in [7, 11) is 3.14. The normalized spacial score (nSPS) is 13.5. The van der Waals surface area contributed by atoms with Crippen molar-refractivity contribution >= 4 is 69.4 Å². The number of ketones is 6. The smallest absolute Gasteiger partial charge is 0.446 e. The number of methoxy groups -OCH3 is 2. The van der Waals surface area contributed by atoms with E-state index < -0.39 is 23.1 Å². The molecule has 2 heterocycles. The molecular weight excluding hydrogens is 1240 g/mol. The first kappa shape index (κ1) is 78.9. The first-order valence-electron chi connectivity index (χ1n) is 29.7. The van der Waals surface area contributed by atoms with E-state index in [1.807, 2.05) is 38.1 Å². The van der Waals surface area contributed by atoms with E-state index in [0.717, 1.165) is 42.2 Å². The molecule has 0 saturated heterocycles. The predicted molar refractivity (Wildman–Crippen MR) is 355 cm³/mol. The highest BCUT2D eigenvalue weighted by Gasteiger charge is 2.50. The fraction of sp³-hybridized carbons (Fsp3) is 0.356. The number of fused-ring (bicyclic) bond motifs is 2. The van der Waals surface area contributed by atoms with Gasteiger partial charge in [-0.25, -0.2) is 4.79 Å². The molecule has 2 aliphatic rings. The molecule has 6 aromatic carbocycles. The van der Waals surface area contributed by atoms with Gasteiger partial charge in [-0.1, -0.05) is 94.4 Å². The third kappa shape index (κ3) is 27.4. The second-order valence-corrected chi connectivity index (χ2v) is 23.6. The minimum Gasteiger partial charge on any atom is -0.496 e. The lowest BCUT2D eigenvalue weighted by atomic mass is 9.53. The summed E-state index contributed by atoms with van der Waals surface area (Å²) >= 11 is -0.133. The molecule has 7 aromatic rings.